The van der Waals surface area contributed by atoms with Crippen molar-refractivity contribution in [1.82, 2.24) is 0 Å². The van der Waals surface area contributed by atoms with Crippen LogP contribution in [0.15, 0.2) is 60.7 Å². The Morgan fingerprint density at radius 1 is 0.821 bits per heavy atom. The van der Waals surface area contributed by atoms with Crippen LogP contribution in [0.4, 0.5) is 11.4 Å². The van der Waals surface area contributed by atoms with Crippen molar-refractivity contribution >= 4 is 17.7 Å². The molecule has 0 amide bonds. The first-order valence-electron chi connectivity index (χ1n) is 10.1. The maximum atomic E-state index is 11.0. The molecule has 0 saturated carbocycles. The second-order valence-corrected chi connectivity index (χ2v) is 7.78. The van der Waals surface area contributed by atoms with E-state index in [9.17, 15) is 4.79 Å². The smallest absolute Gasteiger partial charge is 0.142 e. The zero-order valence-corrected chi connectivity index (χ0v) is 17.9. The standard InChI is InChI=1S/C25H34N2O/c1-6-7-9-20(10-8-19-28)25(21-11-15-23(16-12-21)26(2)3)22-13-17-24(18-14-22)27(4)5/h8,10-20,25H,6-7,9H2,1-5H3/b10-8+. The Balaban J connectivity index is 2.48. The van der Waals surface area contributed by atoms with Gasteiger partial charge in [-0.1, -0.05) is 50.1 Å². The lowest BCUT2D eigenvalue weighted by Crippen LogP contribution is -2.15. The second-order valence-electron chi connectivity index (χ2n) is 7.78. The molecule has 2 rings (SSSR count). The van der Waals surface area contributed by atoms with Crippen LogP contribution >= 0.6 is 0 Å². The molecule has 0 aromatic heterocycles. The molecule has 0 aliphatic heterocycles. The lowest BCUT2D eigenvalue weighted by atomic mass is 9.78. The van der Waals surface area contributed by atoms with Crippen molar-refractivity contribution in [2.75, 3.05) is 38.0 Å². The van der Waals surface area contributed by atoms with Gasteiger partial charge in [0.15, 0.2) is 0 Å². The van der Waals surface area contributed by atoms with Gasteiger partial charge in [-0.15, -0.1) is 0 Å². The normalized spacial score (nSPS) is 12.4. The Morgan fingerprint density at radius 2 is 1.29 bits per heavy atom. The Hall–Kier alpha value is -2.55. The van der Waals surface area contributed by atoms with Gasteiger partial charge in [-0.05, 0) is 53.8 Å². The van der Waals surface area contributed by atoms with Crippen molar-refractivity contribution in [2.45, 2.75) is 32.1 Å². The Bertz CT molecular complexity index is 694. The minimum atomic E-state index is 0.232. The summed E-state index contributed by atoms with van der Waals surface area (Å²) in [6.45, 7) is 2.22. The average molecular weight is 379 g/mol. The molecule has 0 spiro atoms. The highest BCUT2D eigenvalue weighted by atomic mass is 16.1. The molecule has 1 atom stereocenters. The molecule has 0 aliphatic rings. The van der Waals surface area contributed by atoms with Crippen LogP contribution in [-0.2, 0) is 4.79 Å². The predicted octanol–water partition coefficient (Wildman–Crippen LogP) is 5.51. The summed E-state index contributed by atoms with van der Waals surface area (Å²) in [6.07, 6.45) is 8.01. The van der Waals surface area contributed by atoms with Gasteiger partial charge in [-0.3, -0.25) is 4.79 Å². The van der Waals surface area contributed by atoms with E-state index in [1.165, 1.54) is 22.5 Å². The number of hydrogen-bond donors (Lipinski definition) is 0. The highest BCUT2D eigenvalue weighted by Crippen LogP contribution is 2.37. The fraction of sp³-hybridized carbons (Fsp3) is 0.400. The summed E-state index contributed by atoms with van der Waals surface area (Å²) in [5.41, 5.74) is 4.97. The van der Waals surface area contributed by atoms with Crippen molar-refractivity contribution < 1.29 is 4.79 Å². The van der Waals surface area contributed by atoms with E-state index in [4.69, 9.17) is 0 Å². The lowest BCUT2D eigenvalue weighted by Gasteiger charge is -2.27. The fourth-order valence-corrected chi connectivity index (χ4v) is 3.65. The summed E-state index contributed by atoms with van der Waals surface area (Å²) < 4.78 is 0. The number of rotatable bonds is 10. The van der Waals surface area contributed by atoms with E-state index < -0.39 is 0 Å². The van der Waals surface area contributed by atoms with Crippen molar-refractivity contribution in [2.24, 2.45) is 5.92 Å². The number of unbranched alkanes of at least 4 members (excludes halogenated alkanes) is 1. The van der Waals surface area contributed by atoms with Crippen molar-refractivity contribution in [3.63, 3.8) is 0 Å². The summed E-state index contributed by atoms with van der Waals surface area (Å²) in [7, 11) is 8.24. The molecule has 28 heavy (non-hydrogen) atoms. The first-order chi connectivity index (χ1) is 13.5. The number of aldehydes is 1. The summed E-state index contributed by atoms with van der Waals surface area (Å²) >= 11 is 0. The molecule has 0 saturated heterocycles. The van der Waals surface area contributed by atoms with E-state index in [0.29, 0.717) is 5.92 Å². The Morgan fingerprint density at radius 3 is 1.64 bits per heavy atom. The van der Waals surface area contributed by atoms with E-state index in [1.54, 1.807) is 6.08 Å². The lowest BCUT2D eigenvalue weighted by molar-refractivity contribution is -0.104. The first kappa shape index (κ1) is 21.7. The minimum absolute atomic E-state index is 0.232. The van der Waals surface area contributed by atoms with Crippen molar-refractivity contribution in [1.29, 1.82) is 0 Å². The van der Waals surface area contributed by atoms with Gasteiger partial charge in [0, 0.05) is 45.5 Å². The maximum absolute atomic E-state index is 11.0. The molecule has 1 unspecified atom stereocenters. The third kappa shape index (κ3) is 5.72. The molecule has 0 bridgehead atoms. The van der Waals surface area contributed by atoms with Crippen LogP contribution in [0.1, 0.15) is 43.2 Å². The average Bonchev–Trinajstić information content (AvgIpc) is 2.70. The Labute approximate surface area is 170 Å². The molecule has 150 valence electrons. The van der Waals surface area contributed by atoms with Crippen LogP contribution < -0.4 is 9.80 Å². The summed E-state index contributed by atoms with van der Waals surface area (Å²) in [4.78, 5) is 15.3. The SMILES string of the molecule is CCCCC(/C=C/C=O)C(c1ccc(N(C)C)cc1)c1ccc(N(C)C)cc1. The van der Waals surface area contributed by atoms with Crippen LogP contribution in [0.2, 0.25) is 0 Å². The number of nitrogens with zero attached hydrogens (tertiary/aromatic N) is 2. The third-order valence-corrected chi connectivity index (χ3v) is 5.29. The number of allylic oxidation sites excluding steroid dienone is 2. The van der Waals surface area contributed by atoms with Crippen LogP contribution in [0.5, 0.6) is 0 Å². The fourth-order valence-electron chi connectivity index (χ4n) is 3.65. The summed E-state index contributed by atoms with van der Waals surface area (Å²) in [5.74, 6) is 0.524. The zero-order valence-electron chi connectivity index (χ0n) is 17.9. The molecular weight excluding hydrogens is 344 g/mol. The van der Waals surface area contributed by atoms with E-state index in [-0.39, 0.29) is 5.92 Å². The molecule has 2 aromatic carbocycles. The number of anilines is 2. The highest BCUT2D eigenvalue weighted by Gasteiger charge is 2.23. The number of hydrogen-bond acceptors (Lipinski definition) is 3. The van der Waals surface area contributed by atoms with Crippen molar-refractivity contribution in [3.8, 4) is 0 Å². The number of carbonyl (C=O) groups is 1. The van der Waals surface area contributed by atoms with Gasteiger partial charge in [-0.25, -0.2) is 0 Å². The minimum Gasteiger partial charge on any atom is -0.378 e. The Kier molecular flexibility index (Phi) is 8.31. The predicted molar refractivity (Wildman–Crippen MR) is 122 cm³/mol. The molecular formula is C25H34N2O. The van der Waals surface area contributed by atoms with Gasteiger partial charge >= 0.3 is 0 Å². The van der Waals surface area contributed by atoms with Gasteiger partial charge in [0.1, 0.15) is 6.29 Å². The van der Waals surface area contributed by atoms with E-state index in [2.05, 4.69) is 99.5 Å². The zero-order chi connectivity index (χ0) is 20.5. The summed E-state index contributed by atoms with van der Waals surface area (Å²) in [5, 5.41) is 0. The highest BCUT2D eigenvalue weighted by molar-refractivity contribution is 5.64. The third-order valence-electron chi connectivity index (χ3n) is 5.29. The molecule has 0 aliphatic carbocycles. The van der Waals surface area contributed by atoms with Gasteiger partial charge in [0.25, 0.3) is 0 Å². The van der Waals surface area contributed by atoms with Crippen LogP contribution in [-0.4, -0.2) is 34.5 Å². The monoisotopic (exact) mass is 378 g/mol. The van der Waals surface area contributed by atoms with Crippen LogP contribution in [0, 0.1) is 5.92 Å². The van der Waals surface area contributed by atoms with Crippen LogP contribution in [0.3, 0.4) is 0 Å². The van der Waals surface area contributed by atoms with Crippen molar-refractivity contribution in [3.05, 3.63) is 71.8 Å². The quantitative estimate of drug-likeness (QED) is 0.402. The van der Waals surface area contributed by atoms with Gasteiger partial charge in [-0.2, -0.15) is 0 Å². The van der Waals surface area contributed by atoms with Crippen LogP contribution in [0.25, 0.3) is 0 Å². The van der Waals surface area contributed by atoms with Gasteiger partial charge < -0.3 is 9.80 Å². The maximum Gasteiger partial charge on any atom is 0.142 e. The molecule has 2 aromatic rings. The molecule has 0 radical (unpaired) electrons. The van der Waals surface area contributed by atoms with Gasteiger partial charge in [0.2, 0.25) is 0 Å². The largest absolute Gasteiger partial charge is 0.378 e. The van der Waals surface area contributed by atoms with E-state index >= 15 is 0 Å². The summed E-state index contributed by atoms with van der Waals surface area (Å²) in [6, 6.07) is 17.6. The number of benzene rings is 2. The second kappa shape index (κ2) is 10.7. The first-order valence-corrected chi connectivity index (χ1v) is 10.1. The molecule has 3 heteroatoms. The number of carbonyl (C=O) groups excluding carboxylic acids is 1. The molecule has 0 heterocycles. The van der Waals surface area contributed by atoms with E-state index in [1.807, 2.05) is 0 Å². The van der Waals surface area contributed by atoms with E-state index in [0.717, 1.165) is 25.5 Å². The molecule has 0 fully saturated rings. The molecule has 3 nitrogen and oxygen atoms in total. The molecule has 0 N–H and O–H groups in total. The topological polar surface area (TPSA) is 23.6 Å². The van der Waals surface area contributed by atoms with Gasteiger partial charge in [0.05, 0.1) is 0 Å².